The number of hydrogen-bond acceptors (Lipinski definition) is 6. The first-order valence-corrected chi connectivity index (χ1v) is 11.0. The predicted molar refractivity (Wildman–Crippen MR) is 126 cm³/mol. The van der Waals surface area contributed by atoms with Crippen LogP contribution < -0.4 is 10.5 Å². The number of hydrogen-bond donors (Lipinski definition) is 3. The van der Waals surface area contributed by atoms with Crippen molar-refractivity contribution < 1.29 is 24.5 Å². The molecule has 0 fully saturated rings. The van der Waals surface area contributed by atoms with Crippen molar-refractivity contribution in [1.29, 1.82) is 5.26 Å². The Bertz CT molecular complexity index is 1150. The molecule has 0 spiro atoms. The summed E-state index contributed by atoms with van der Waals surface area (Å²) in [6.07, 6.45) is -0.165. The number of ether oxygens (including phenoxy) is 1. The molecule has 34 heavy (non-hydrogen) atoms. The van der Waals surface area contributed by atoms with Crippen LogP contribution in [0.3, 0.4) is 0 Å². The maximum absolute atomic E-state index is 12.7. The van der Waals surface area contributed by atoms with E-state index in [9.17, 15) is 20.0 Å². The SMILES string of the molecule is CC(C)Oc1ccc(C(=O)N=C(N)c2ccc3c(c2)CCN(CC(O)C(=O)O)CC3)cc1C#N. The standard InChI is InChI=1S/C25H28N4O5/c1-15(2)34-22-6-5-19(12-20(22)13-26)24(31)28-23(27)18-4-3-16-7-9-29(10-8-17(16)11-18)14-21(30)25(32)33/h3-6,11-12,15,21,30H,7-10,14H2,1-2H3,(H,32,33)(H2,27,28,31). The van der Waals surface area contributed by atoms with Crippen molar-refractivity contribution in [3.05, 3.63) is 64.2 Å². The quantitative estimate of drug-likeness (QED) is 0.414. The molecule has 0 aromatic heterocycles. The first-order chi connectivity index (χ1) is 16.2. The number of carbonyl (C=O) groups excluding carboxylic acids is 1. The second kappa shape index (κ2) is 10.9. The zero-order chi connectivity index (χ0) is 24.8. The lowest BCUT2D eigenvalue weighted by atomic mass is 9.99. The van der Waals surface area contributed by atoms with E-state index in [0.29, 0.717) is 37.2 Å². The van der Waals surface area contributed by atoms with E-state index in [1.165, 1.54) is 6.07 Å². The van der Waals surface area contributed by atoms with Crippen LogP contribution in [0.4, 0.5) is 0 Å². The van der Waals surface area contributed by atoms with Crippen LogP contribution in [0.25, 0.3) is 0 Å². The number of amides is 1. The summed E-state index contributed by atoms with van der Waals surface area (Å²) < 4.78 is 5.58. The van der Waals surface area contributed by atoms with Crippen LogP contribution in [0.5, 0.6) is 5.75 Å². The lowest BCUT2D eigenvalue weighted by molar-refractivity contribution is -0.147. The molecular formula is C25H28N4O5. The number of nitrogens with zero attached hydrogens (tertiary/aromatic N) is 3. The van der Waals surface area contributed by atoms with Crippen LogP contribution in [-0.4, -0.2) is 64.7 Å². The van der Waals surface area contributed by atoms with Crippen molar-refractivity contribution in [2.45, 2.75) is 38.9 Å². The molecule has 1 unspecified atom stereocenters. The smallest absolute Gasteiger partial charge is 0.333 e. The summed E-state index contributed by atoms with van der Waals surface area (Å²) in [4.78, 5) is 29.5. The van der Waals surface area contributed by atoms with E-state index in [-0.39, 0.29) is 29.6 Å². The molecule has 0 aliphatic carbocycles. The average molecular weight is 465 g/mol. The molecule has 2 aromatic rings. The van der Waals surface area contributed by atoms with Gasteiger partial charge in [-0.25, -0.2) is 4.79 Å². The number of carbonyl (C=O) groups is 2. The molecule has 1 aliphatic heterocycles. The number of aliphatic hydroxyl groups excluding tert-OH is 1. The number of benzene rings is 2. The molecule has 178 valence electrons. The molecule has 9 nitrogen and oxygen atoms in total. The number of aliphatic hydroxyl groups is 1. The van der Waals surface area contributed by atoms with Gasteiger partial charge in [0.1, 0.15) is 17.7 Å². The summed E-state index contributed by atoms with van der Waals surface area (Å²) in [7, 11) is 0. The van der Waals surface area contributed by atoms with Gasteiger partial charge in [0.25, 0.3) is 5.91 Å². The van der Waals surface area contributed by atoms with Crippen molar-refractivity contribution in [1.82, 2.24) is 4.90 Å². The molecule has 3 rings (SSSR count). The van der Waals surface area contributed by atoms with Crippen molar-refractivity contribution in [3.8, 4) is 11.8 Å². The van der Waals surface area contributed by atoms with Gasteiger partial charge in [-0.3, -0.25) is 9.69 Å². The van der Waals surface area contributed by atoms with Gasteiger partial charge in [0.05, 0.1) is 11.7 Å². The average Bonchev–Trinajstić information content (AvgIpc) is 3.00. The highest BCUT2D eigenvalue weighted by atomic mass is 16.5. The number of nitriles is 1. The number of carboxylic acid groups (broad SMARTS) is 1. The van der Waals surface area contributed by atoms with Crippen molar-refractivity contribution >= 4 is 17.7 Å². The van der Waals surface area contributed by atoms with E-state index in [2.05, 4.69) is 4.99 Å². The van der Waals surface area contributed by atoms with Crippen molar-refractivity contribution in [3.63, 3.8) is 0 Å². The molecule has 1 aliphatic rings. The fourth-order valence-electron chi connectivity index (χ4n) is 3.78. The van der Waals surface area contributed by atoms with Gasteiger partial charge < -0.3 is 20.7 Å². The first-order valence-electron chi connectivity index (χ1n) is 11.0. The highest BCUT2D eigenvalue weighted by molar-refractivity contribution is 6.09. The van der Waals surface area contributed by atoms with Crippen LogP contribution in [-0.2, 0) is 17.6 Å². The normalized spacial score (nSPS) is 15.2. The number of amidine groups is 1. The second-order valence-electron chi connectivity index (χ2n) is 8.43. The van der Waals surface area contributed by atoms with E-state index in [4.69, 9.17) is 15.6 Å². The topological polar surface area (TPSA) is 149 Å². The zero-order valence-corrected chi connectivity index (χ0v) is 19.2. The zero-order valence-electron chi connectivity index (χ0n) is 19.2. The predicted octanol–water partition coefficient (Wildman–Crippen LogP) is 1.74. The summed E-state index contributed by atoms with van der Waals surface area (Å²) in [5.41, 5.74) is 9.36. The maximum atomic E-state index is 12.7. The van der Waals surface area contributed by atoms with Gasteiger partial charge in [-0.05, 0) is 62.1 Å². The number of rotatable bonds is 7. The fourth-order valence-corrected chi connectivity index (χ4v) is 3.78. The Morgan fingerprint density at radius 2 is 1.82 bits per heavy atom. The molecule has 1 heterocycles. The summed E-state index contributed by atoms with van der Waals surface area (Å²) in [6, 6.07) is 12.2. The van der Waals surface area contributed by atoms with E-state index in [0.717, 1.165) is 11.1 Å². The summed E-state index contributed by atoms with van der Waals surface area (Å²) >= 11 is 0. The van der Waals surface area contributed by atoms with Crippen LogP contribution in [0.1, 0.15) is 46.5 Å². The van der Waals surface area contributed by atoms with Gasteiger partial charge in [0, 0.05) is 30.8 Å². The van der Waals surface area contributed by atoms with Crippen LogP contribution >= 0.6 is 0 Å². The molecular weight excluding hydrogens is 436 g/mol. The van der Waals surface area contributed by atoms with Gasteiger partial charge in [0.15, 0.2) is 6.10 Å². The van der Waals surface area contributed by atoms with E-state index < -0.39 is 18.0 Å². The maximum Gasteiger partial charge on any atom is 0.333 e. The van der Waals surface area contributed by atoms with Crippen molar-refractivity contribution in [2.24, 2.45) is 10.7 Å². The summed E-state index contributed by atoms with van der Waals surface area (Å²) in [5.74, 6) is -1.33. The lowest BCUT2D eigenvalue weighted by Gasteiger charge is -2.20. The lowest BCUT2D eigenvalue weighted by Crippen LogP contribution is -2.38. The van der Waals surface area contributed by atoms with E-state index in [1.54, 1.807) is 18.2 Å². The fraction of sp³-hybridized carbons (Fsp3) is 0.360. The molecule has 2 aromatic carbocycles. The summed E-state index contributed by atoms with van der Waals surface area (Å²) in [5, 5.41) is 27.9. The highest BCUT2D eigenvalue weighted by Gasteiger charge is 2.21. The van der Waals surface area contributed by atoms with Gasteiger partial charge in [0.2, 0.25) is 0 Å². The number of carboxylic acids is 1. The van der Waals surface area contributed by atoms with Gasteiger partial charge in [-0.1, -0.05) is 12.1 Å². The molecule has 0 saturated carbocycles. The number of nitrogens with two attached hydrogens (primary N) is 1. The molecule has 1 amide bonds. The Kier molecular flexibility index (Phi) is 7.99. The van der Waals surface area contributed by atoms with Gasteiger partial charge in [-0.15, -0.1) is 0 Å². The Morgan fingerprint density at radius 3 is 2.47 bits per heavy atom. The first kappa shape index (κ1) is 24.9. The van der Waals surface area contributed by atoms with Gasteiger partial charge in [-0.2, -0.15) is 10.3 Å². The Hall–Kier alpha value is -3.74. The molecule has 9 heteroatoms. The molecule has 1 atom stereocenters. The third-order valence-electron chi connectivity index (χ3n) is 5.54. The Morgan fingerprint density at radius 1 is 1.15 bits per heavy atom. The number of fused-ring (bicyclic) bond motifs is 1. The van der Waals surface area contributed by atoms with Crippen LogP contribution in [0.2, 0.25) is 0 Å². The third-order valence-corrected chi connectivity index (χ3v) is 5.54. The Balaban J connectivity index is 1.75. The minimum absolute atomic E-state index is 0.0659. The minimum atomic E-state index is -1.42. The second-order valence-corrected chi connectivity index (χ2v) is 8.43. The molecule has 0 saturated heterocycles. The number of β-amino-alcohol motifs (C(OH)–C–C–N with tert-alkyl or cyclic N) is 1. The van der Waals surface area contributed by atoms with Gasteiger partial charge >= 0.3 is 5.97 Å². The number of aliphatic carboxylic acids is 1. The van der Waals surface area contributed by atoms with E-state index >= 15 is 0 Å². The Labute approximate surface area is 198 Å². The van der Waals surface area contributed by atoms with Crippen molar-refractivity contribution in [2.75, 3.05) is 19.6 Å². The van der Waals surface area contributed by atoms with Crippen LogP contribution in [0.15, 0.2) is 41.4 Å². The van der Waals surface area contributed by atoms with E-state index in [1.807, 2.05) is 36.9 Å². The summed E-state index contributed by atoms with van der Waals surface area (Å²) in [6.45, 7) is 5.00. The molecule has 0 radical (unpaired) electrons. The molecule has 0 bridgehead atoms. The highest BCUT2D eigenvalue weighted by Crippen LogP contribution is 2.22. The van der Waals surface area contributed by atoms with Crippen LogP contribution in [0, 0.1) is 11.3 Å². The number of aliphatic imine (C=N–C) groups is 1. The minimum Gasteiger partial charge on any atom is -0.490 e. The molecule has 4 N–H and O–H groups in total. The largest absolute Gasteiger partial charge is 0.490 e. The monoisotopic (exact) mass is 464 g/mol. The third kappa shape index (κ3) is 6.19.